The molecule has 0 radical (unpaired) electrons. The monoisotopic (exact) mass is 453 g/mol. The van der Waals surface area contributed by atoms with Crippen LogP contribution in [0.2, 0.25) is 0 Å². The van der Waals surface area contributed by atoms with Crippen LogP contribution in [0.15, 0.2) is 12.2 Å². The van der Waals surface area contributed by atoms with Gasteiger partial charge in [0.25, 0.3) is 0 Å². The van der Waals surface area contributed by atoms with E-state index < -0.39 is 57.6 Å². The number of ether oxygens (including phenoxy) is 3. The van der Waals surface area contributed by atoms with Gasteiger partial charge in [0.1, 0.15) is 12.7 Å². The van der Waals surface area contributed by atoms with E-state index in [4.69, 9.17) is 0 Å². The van der Waals surface area contributed by atoms with Gasteiger partial charge in [-0.05, 0) is 32.6 Å². The van der Waals surface area contributed by atoms with Crippen molar-refractivity contribution in [3.63, 3.8) is 0 Å². The third kappa shape index (κ3) is 6.09. The lowest BCUT2D eigenvalue weighted by Crippen LogP contribution is -2.60. The first kappa shape index (κ1) is 25.2. The van der Waals surface area contributed by atoms with Gasteiger partial charge in [0, 0.05) is 5.57 Å². The molecule has 0 aromatic carbocycles. The Morgan fingerprint density at radius 1 is 1.10 bits per heavy atom. The van der Waals surface area contributed by atoms with E-state index in [0.717, 1.165) is 13.3 Å². The van der Waals surface area contributed by atoms with Crippen molar-refractivity contribution in [3.8, 4) is 0 Å². The van der Waals surface area contributed by atoms with Crippen LogP contribution in [0.4, 0.5) is 22.0 Å². The third-order valence-electron chi connectivity index (χ3n) is 3.86. The summed E-state index contributed by atoms with van der Waals surface area (Å²) in [7, 11) is -6.45. The molecule has 1 fully saturated rings. The maximum Gasteiger partial charge on any atom is 0.468 e. The largest absolute Gasteiger partial charge is 0.743 e. The van der Waals surface area contributed by atoms with Gasteiger partial charge >= 0.3 is 29.2 Å². The number of rotatable bonds is 8. The van der Waals surface area contributed by atoms with Crippen LogP contribution in [0, 0.1) is 0 Å². The molecule has 0 aromatic heterocycles. The molecule has 1 atom stereocenters. The molecule has 14 heteroatoms. The molecular formula is C15H18F5O8S-. The quantitative estimate of drug-likeness (QED) is 0.181. The zero-order valence-corrected chi connectivity index (χ0v) is 15.9. The summed E-state index contributed by atoms with van der Waals surface area (Å²) in [5, 5.41) is -5.36. The number of halogens is 5. The average Bonchev–Trinajstić information content (AvgIpc) is 2.56. The predicted octanol–water partition coefficient (Wildman–Crippen LogP) is 2.39. The number of alkyl halides is 5. The lowest BCUT2D eigenvalue weighted by molar-refractivity contribution is -0.361. The zero-order chi connectivity index (χ0) is 22.7. The zero-order valence-electron chi connectivity index (χ0n) is 15.1. The Kier molecular flexibility index (Phi) is 7.76. The summed E-state index contributed by atoms with van der Waals surface area (Å²) in [6, 6.07) is 0. The van der Waals surface area contributed by atoms with E-state index in [0.29, 0.717) is 12.8 Å². The topological polar surface area (TPSA) is 119 Å². The van der Waals surface area contributed by atoms with Gasteiger partial charge in [-0.15, -0.1) is 0 Å². The number of esters is 2. The second-order valence-electron chi connectivity index (χ2n) is 6.33. The summed E-state index contributed by atoms with van der Waals surface area (Å²) in [5.74, 6) is -8.96. The van der Waals surface area contributed by atoms with Crippen LogP contribution in [0.5, 0.6) is 0 Å². The fraction of sp³-hybridized carbons (Fsp3) is 0.733. The highest BCUT2D eigenvalue weighted by atomic mass is 32.2. The van der Waals surface area contributed by atoms with Crippen molar-refractivity contribution in [1.82, 2.24) is 0 Å². The fourth-order valence-corrected chi connectivity index (χ4v) is 2.48. The van der Waals surface area contributed by atoms with E-state index in [-0.39, 0.29) is 12.8 Å². The molecule has 0 saturated heterocycles. The van der Waals surface area contributed by atoms with Crippen molar-refractivity contribution < 1.29 is 58.7 Å². The molecule has 0 N–H and O–H groups in total. The normalized spacial score (nSPS) is 18.6. The van der Waals surface area contributed by atoms with Crippen LogP contribution >= 0.6 is 0 Å². The van der Waals surface area contributed by atoms with Gasteiger partial charge in [-0.1, -0.05) is 13.0 Å². The van der Waals surface area contributed by atoms with Crippen molar-refractivity contribution in [2.45, 2.75) is 62.3 Å². The molecule has 0 bridgehead atoms. The Balaban J connectivity index is 3.31. The van der Waals surface area contributed by atoms with Crippen LogP contribution in [-0.2, 0) is 33.9 Å². The Morgan fingerprint density at radius 2 is 1.62 bits per heavy atom. The smallest absolute Gasteiger partial charge is 0.468 e. The maximum atomic E-state index is 13.7. The van der Waals surface area contributed by atoms with Crippen molar-refractivity contribution in [2.24, 2.45) is 0 Å². The standard InChI is InChI=1S/C15H19F5O8S/c1-9(2)11(21)28-14(15(18,19)20,26-8-13(16,17)29(23,24)25)12(22)27-10-6-4-3-5-7-10/h10H,1,3-8H2,2H3,(H,23,24,25)/p-1. The molecule has 1 aliphatic carbocycles. The molecule has 168 valence electrons. The predicted molar refractivity (Wildman–Crippen MR) is 83.3 cm³/mol. The lowest BCUT2D eigenvalue weighted by Gasteiger charge is -2.35. The van der Waals surface area contributed by atoms with Crippen LogP contribution in [0.1, 0.15) is 39.0 Å². The second kappa shape index (κ2) is 8.92. The van der Waals surface area contributed by atoms with Gasteiger partial charge in [0.05, 0.1) is 0 Å². The number of hydrogen-bond acceptors (Lipinski definition) is 8. The number of hydrogen-bond donors (Lipinski definition) is 0. The van der Waals surface area contributed by atoms with Gasteiger partial charge in [-0.2, -0.15) is 22.0 Å². The van der Waals surface area contributed by atoms with Gasteiger partial charge in [0.15, 0.2) is 10.1 Å². The molecule has 1 unspecified atom stereocenters. The van der Waals surface area contributed by atoms with E-state index in [1.807, 2.05) is 0 Å². The van der Waals surface area contributed by atoms with Gasteiger partial charge < -0.3 is 18.8 Å². The van der Waals surface area contributed by atoms with Crippen LogP contribution in [0.3, 0.4) is 0 Å². The molecule has 1 rings (SSSR count). The highest BCUT2D eigenvalue weighted by molar-refractivity contribution is 7.86. The third-order valence-corrected chi connectivity index (χ3v) is 4.71. The van der Waals surface area contributed by atoms with E-state index >= 15 is 0 Å². The maximum absolute atomic E-state index is 13.7. The summed E-state index contributed by atoms with van der Waals surface area (Å²) < 4.78 is 112. The molecular weight excluding hydrogens is 435 g/mol. The van der Waals surface area contributed by atoms with E-state index in [1.165, 1.54) is 0 Å². The molecule has 8 nitrogen and oxygen atoms in total. The summed E-state index contributed by atoms with van der Waals surface area (Å²) in [4.78, 5) is 23.9. The molecule has 0 aromatic rings. The molecule has 1 aliphatic rings. The fourth-order valence-electron chi connectivity index (χ4n) is 2.27. The summed E-state index contributed by atoms with van der Waals surface area (Å²) in [6.45, 7) is 1.18. The van der Waals surface area contributed by atoms with E-state index in [2.05, 4.69) is 20.8 Å². The summed E-state index contributed by atoms with van der Waals surface area (Å²) in [6.07, 6.45) is -4.92. The van der Waals surface area contributed by atoms with Crippen LogP contribution in [0.25, 0.3) is 0 Å². The van der Waals surface area contributed by atoms with Crippen molar-refractivity contribution in [1.29, 1.82) is 0 Å². The van der Waals surface area contributed by atoms with Gasteiger partial charge in [-0.3, -0.25) is 0 Å². The Morgan fingerprint density at radius 3 is 2.03 bits per heavy atom. The molecule has 1 saturated carbocycles. The van der Waals surface area contributed by atoms with Gasteiger partial charge in [0.2, 0.25) is 0 Å². The highest BCUT2D eigenvalue weighted by Crippen LogP contribution is 2.39. The first-order valence-corrected chi connectivity index (χ1v) is 9.58. The van der Waals surface area contributed by atoms with Crippen molar-refractivity contribution >= 4 is 22.1 Å². The minimum atomic E-state index is -6.45. The van der Waals surface area contributed by atoms with Gasteiger partial charge in [-0.25, -0.2) is 18.0 Å². The van der Waals surface area contributed by atoms with Crippen molar-refractivity contribution in [2.75, 3.05) is 6.61 Å². The minimum absolute atomic E-state index is 0.166. The van der Waals surface area contributed by atoms with E-state index in [9.17, 15) is 44.5 Å². The minimum Gasteiger partial charge on any atom is -0.743 e. The van der Waals surface area contributed by atoms with Crippen LogP contribution in [-0.4, -0.2) is 54.8 Å². The summed E-state index contributed by atoms with van der Waals surface area (Å²) in [5.41, 5.74) is -0.657. The molecule has 29 heavy (non-hydrogen) atoms. The second-order valence-corrected chi connectivity index (χ2v) is 7.84. The molecule has 0 amide bonds. The lowest BCUT2D eigenvalue weighted by atomic mass is 9.98. The average molecular weight is 453 g/mol. The van der Waals surface area contributed by atoms with Crippen molar-refractivity contribution in [3.05, 3.63) is 12.2 Å². The van der Waals surface area contributed by atoms with E-state index in [1.54, 1.807) is 0 Å². The first-order chi connectivity index (χ1) is 13.0. The number of carbonyl (C=O) groups is 2. The number of carbonyl (C=O) groups excluding carboxylic acids is 2. The molecule has 0 spiro atoms. The molecule has 0 heterocycles. The highest BCUT2D eigenvalue weighted by Gasteiger charge is 2.69. The van der Waals surface area contributed by atoms with Crippen LogP contribution < -0.4 is 0 Å². The SMILES string of the molecule is C=C(C)C(=O)OC(OCC(F)(F)S(=O)(=O)[O-])(C(=O)OC1CCCCC1)C(F)(F)F. The Labute approximate surface area is 162 Å². The summed E-state index contributed by atoms with van der Waals surface area (Å²) >= 11 is 0. The Bertz CT molecular complexity index is 742. The first-order valence-electron chi connectivity index (χ1n) is 8.17. The molecule has 0 aliphatic heterocycles. The Hall–Kier alpha value is -1.80.